The molecule has 0 atom stereocenters. The van der Waals surface area contributed by atoms with Gasteiger partial charge in [-0.1, -0.05) is 13.3 Å². The van der Waals surface area contributed by atoms with Gasteiger partial charge in [-0.2, -0.15) is 0 Å². The molecule has 1 aromatic carbocycles. The van der Waals surface area contributed by atoms with E-state index in [0.717, 1.165) is 32.1 Å². The lowest BCUT2D eigenvalue weighted by Crippen LogP contribution is -2.62. The molecule has 9 heteroatoms. The average Bonchev–Trinajstić information content (AvgIpc) is 2.80. The number of carbonyl (C=O) groups excluding carboxylic acids is 4. The molecule has 190 valence electrons. The van der Waals surface area contributed by atoms with Crippen molar-refractivity contribution in [2.24, 2.45) is 17.8 Å². The molecule has 4 bridgehead atoms. The van der Waals surface area contributed by atoms with Crippen LogP contribution in [0.1, 0.15) is 68.6 Å². The second-order valence-corrected chi connectivity index (χ2v) is 10.3. The fourth-order valence-corrected chi connectivity index (χ4v) is 6.19. The number of ether oxygens (including phenoxy) is 2. The predicted molar refractivity (Wildman–Crippen MR) is 128 cm³/mol. The van der Waals surface area contributed by atoms with Gasteiger partial charge in [-0.25, -0.2) is 4.79 Å². The Bertz CT molecular complexity index is 910. The van der Waals surface area contributed by atoms with Crippen molar-refractivity contribution in [2.45, 2.75) is 63.8 Å². The van der Waals surface area contributed by atoms with Crippen LogP contribution in [0, 0.1) is 17.8 Å². The van der Waals surface area contributed by atoms with Crippen LogP contribution in [0.15, 0.2) is 24.3 Å². The van der Waals surface area contributed by atoms with Crippen LogP contribution >= 0.6 is 0 Å². The summed E-state index contributed by atoms with van der Waals surface area (Å²) in [7, 11) is 0. The first kappa shape index (κ1) is 25.0. The molecule has 0 aromatic heterocycles. The van der Waals surface area contributed by atoms with Gasteiger partial charge in [-0.05, 0) is 87.0 Å². The Labute approximate surface area is 205 Å². The highest BCUT2D eigenvalue weighted by atomic mass is 16.5. The molecule has 3 N–H and O–H groups in total. The van der Waals surface area contributed by atoms with Gasteiger partial charge < -0.3 is 20.1 Å². The third kappa shape index (κ3) is 6.74. The van der Waals surface area contributed by atoms with Gasteiger partial charge in [-0.15, -0.1) is 0 Å². The zero-order valence-corrected chi connectivity index (χ0v) is 20.3. The van der Waals surface area contributed by atoms with Crippen molar-refractivity contribution in [3.8, 4) is 5.75 Å². The SMILES string of the molecule is CCCCOc1ccc(C(=O)NCC(=O)OCC(=O)NC(=O)NC23CC4CC(CC(C4)C2)C3)cc1. The molecule has 0 radical (unpaired) electrons. The largest absolute Gasteiger partial charge is 0.494 e. The zero-order chi connectivity index (χ0) is 24.8. The van der Waals surface area contributed by atoms with Crippen LogP contribution in [0.5, 0.6) is 5.75 Å². The standard InChI is InChI=1S/C26H35N3O6/c1-2-3-8-34-21-6-4-20(5-7-21)24(32)27-15-23(31)35-16-22(30)28-25(33)29-26-12-17-9-18(13-26)11-19(10-17)14-26/h4-7,17-19H,2-3,8-16H2,1H3,(H,27,32)(H2,28,29,30,33). The van der Waals surface area contributed by atoms with Crippen molar-refractivity contribution in [1.29, 1.82) is 0 Å². The molecule has 4 aliphatic carbocycles. The Morgan fingerprint density at radius 1 is 0.971 bits per heavy atom. The number of benzene rings is 1. The third-order valence-electron chi connectivity index (χ3n) is 7.31. The highest BCUT2D eigenvalue weighted by Gasteiger charge is 2.51. The molecule has 5 rings (SSSR count). The number of urea groups is 1. The maximum atomic E-state index is 12.4. The number of unbranched alkanes of at least 4 members (excludes halogenated alkanes) is 1. The summed E-state index contributed by atoms with van der Waals surface area (Å²) in [6, 6.07) is 6.07. The average molecular weight is 486 g/mol. The Hall–Kier alpha value is -3.10. The highest BCUT2D eigenvalue weighted by molar-refractivity contribution is 5.97. The molecule has 0 unspecified atom stereocenters. The van der Waals surface area contributed by atoms with Gasteiger partial charge in [0.05, 0.1) is 6.61 Å². The molecule has 0 aliphatic heterocycles. The monoisotopic (exact) mass is 485 g/mol. The second-order valence-electron chi connectivity index (χ2n) is 10.3. The maximum absolute atomic E-state index is 12.4. The summed E-state index contributed by atoms with van der Waals surface area (Å²) in [6.45, 7) is 1.72. The lowest BCUT2D eigenvalue weighted by Gasteiger charge is -2.56. The van der Waals surface area contributed by atoms with Gasteiger partial charge in [0.1, 0.15) is 12.3 Å². The summed E-state index contributed by atoms with van der Waals surface area (Å²) in [6.07, 6.45) is 8.69. The Balaban J connectivity index is 1.13. The van der Waals surface area contributed by atoms with Crippen molar-refractivity contribution < 1.29 is 28.7 Å². The van der Waals surface area contributed by atoms with Crippen molar-refractivity contribution in [1.82, 2.24) is 16.0 Å². The zero-order valence-electron chi connectivity index (χ0n) is 20.3. The van der Waals surface area contributed by atoms with Crippen molar-refractivity contribution in [3.63, 3.8) is 0 Å². The van der Waals surface area contributed by atoms with Crippen LogP contribution in [0.25, 0.3) is 0 Å². The molecule has 4 saturated carbocycles. The molecule has 0 spiro atoms. The van der Waals surface area contributed by atoms with E-state index >= 15 is 0 Å². The summed E-state index contributed by atoms with van der Waals surface area (Å²) in [5.41, 5.74) is 0.166. The fraction of sp³-hybridized carbons (Fsp3) is 0.615. The lowest BCUT2D eigenvalue weighted by molar-refractivity contribution is -0.147. The highest BCUT2D eigenvalue weighted by Crippen LogP contribution is 2.55. The lowest BCUT2D eigenvalue weighted by atomic mass is 9.53. The van der Waals surface area contributed by atoms with Gasteiger partial charge >= 0.3 is 12.0 Å². The number of rotatable bonds is 10. The normalized spacial score (nSPS) is 26.0. The number of hydrogen-bond acceptors (Lipinski definition) is 6. The first-order chi connectivity index (χ1) is 16.8. The molecule has 4 fully saturated rings. The summed E-state index contributed by atoms with van der Waals surface area (Å²) >= 11 is 0. The molecule has 0 saturated heterocycles. The molecular weight excluding hydrogens is 450 g/mol. The third-order valence-corrected chi connectivity index (χ3v) is 7.31. The summed E-state index contributed by atoms with van der Waals surface area (Å²) < 4.78 is 10.5. The summed E-state index contributed by atoms with van der Waals surface area (Å²) in [5, 5.41) is 7.76. The Kier molecular flexibility index (Phi) is 7.93. The molecule has 0 heterocycles. The number of amides is 4. The van der Waals surface area contributed by atoms with Gasteiger partial charge in [-0.3, -0.25) is 19.7 Å². The van der Waals surface area contributed by atoms with E-state index in [1.165, 1.54) is 19.3 Å². The van der Waals surface area contributed by atoms with Crippen molar-refractivity contribution >= 4 is 23.8 Å². The molecule has 9 nitrogen and oxygen atoms in total. The van der Waals surface area contributed by atoms with E-state index in [9.17, 15) is 19.2 Å². The van der Waals surface area contributed by atoms with E-state index in [2.05, 4.69) is 22.9 Å². The minimum Gasteiger partial charge on any atom is -0.494 e. The quantitative estimate of drug-likeness (QED) is 0.346. The van der Waals surface area contributed by atoms with Gasteiger partial charge in [0.15, 0.2) is 6.61 Å². The number of carbonyl (C=O) groups is 4. The first-order valence-corrected chi connectivity index (χ1v) is 12.6. The summed E-state index contributed by atoms with van der Waals surface area (Å²) in [5.74, 6) is 0.774. The van der Waals surface area contributed by atoms with Gasteiger partial charge in [0.2, 0.25) is 0 Å². The van der Waals surface area contributed by atoms with Gasteiger partial charge in [0.25, 0.3) is 11.8 Å². The van der Waals surface area contributed by atoms with E-state index in [4.69, 9.17) is 9.47 Å². The van der Waals surface area contributed by atoms with Crippen LogP contribution in [0.4, 0.5) is 4.79 Å². The van der Waals surface area contributed by atoms with Gasteiger partial charge in [0, 0.05) is 11.1 Å². The Morgan fingerprint density at radius 2 is 1.60 bits per heavy atom. The predicted octanol–water partition coefficient (Wildman–Crippen LogP) is 2.93. The van der Waals surface area contributed by atoms with Crippen LogP contribution < -0.4 is 20.7 Å². The molecule has 35 heavy (non-hydrogen) atoms. The minimum absolute atomic E-state index is 0.208. The van der Waals surface area contributed by atoms with E-state index in [1.54, 1.807) is 24.3 Å². The van der Waals surface area contributed by atoms with Crippen LogP contribution in [-0.2, 0) is 14.3 Å². The number of hydrogen-bond donors (Lipinski definition) is 3. The molecular formula is C26H35N3O6. The number of imide groups is 1. The topological polar surface area (TPSA) is 123 Å². The van der Waals surface area contributed by atoms with Crippen molar-refractivity contribution in [2.75, 3.05) is 19.8 Å². The molecule has 4 aliphatic rings. The van der Waals surface area contributed by atoms with E-state index < -0.39 is 30.4 Å². The van der Waals surface area contributed by atoms with Crippen LogP contribution in [0.3, 0.4) is 0 Å². The molecule has 4 amide bonds. The smallest absolute Gasteiger partial charge is 0.325 e. The first-order valence-electron chi connectivity index (χ1n) is 12.6. The fourth-order valence-electron chi connectivity index (χ4n) is 6.19. The van der Waals surface area contributed by atoms with E-state index in [-0.39, 0.29) is 12.1 Å². The van der Waals surface area contributed by atoms with E-state index in [1.807, 2.05) is 0 Å². The minimum atomic E-state index is -0.769. The summed E-state index contributed by atoms with van der Waals surface area (Å²) in [4.78, 5) is 48.6. The molecule has 1 aromatic rings. The Morgan fingerprint density at radius 3 is 2.20 bits per heavy atom. The van der Waals surface area contributed by atoms with Crippen molar-refractivity contribution in [3.05, 3.63) is 29.8 Å². The van der Waals surface area contributed by atoms with Crippen LogP contribution in [0.2, 0.25) is 0 Å². The maximum Gasteiger partial charge on any atom is 0.325 e. The number of esters is 1. The van der Waals surface area contributed by atoms with Crippen LogP contribution in [-0.4, -0.2) is 49.1 Å². The number of nitrogens with one attached hydrogen (secondary N) is 3. The van der Waals surface area contributed by atoms with E-state index in [0.29, 0.717) is 35.7 Å². The second kappa shape index (κ2) is 11.1.